The lowest BCUT2D eigenvalue weighted by atomic mass is 9.46. The predicted octanol–water partition coefficient (Wildman–Crippen LogP) is 3.85. The summed E-state index contributed by atoms with van der Waals surface area (Å²) < 4.78 is 0. The number of nitriles is 1. The predicted molar refractivity (Wildman–Crippen MR) is 91.5 cm³/mol. The minimum atomic E-state index is -0.886. The molecule has 0 aromatic rings. The number of hydrogen-bond donors (Lipinski definition) is 0. The van der Waals surface area contributed by atoms with Crippen molar-refractivity contribution in [1.82, 2.24) is 0 Å². The largest absolute Gasteiger partial charge is 0.550 e. The Morgan fingerprint density at radius 3 is 2.88 bits per heavy atom. The van der Waals surface area contributed by atoms with Gasteiger partial charge in [-0.1, -0.05) is 19.1 Å². The number of fused-ring (bicyclic) bond motifs is 3. The SMILES string of the molecule is C=C1CC[C@H]2[C@@H](CC[C@H]3C[C@H](CC(=O)[O-])CC[C@@]32C)[C@@H]1CCC#N. The van der Waals surface area contributed by atoms with E-state index < -0.39 is 5.97 Å². The number of aliphatic carboxylic acids is 1. The Morgan fingerprint density at radius 2 is 2.17 bits per heavy atom. The second-order valence-corrected chi connectivity index (χ2v) is 8.77. The first-order valence-corrected chi connectivity index (χ1v) is 9.70. The van der Waals surface area contributed by atoms with Crippen molar-refractivity contribution >= 4 is 5.97 Å². The lowest BCUT2D eigenvalue weighted by Gasteiger charge is -2.59. The standard InChI is InChI=1S/C21H31NO2/c1-14-5-8-19-18(17(14)4-3-11-22)7-6-16-12-15(13-20(23)24)9-10-21(16,19)2/h15-19H,1,3-10,12-13H2,2H3,(H,23,24)/p-1/t15-,16+,17-,18+,19+,21+/m1/s1. The molecule has 6 atom stereocenters. The van der Waals surface area contributed by atoms with Gasteiger partial charge in [0.05, 0.1) is 6.07 Å². The monoisotopic (exact) mass is 328 g/mol. The summed E-state index contributed by atoms with van der Waals surface area (Å²) in [6.45, 7) is 6.80. The zero-order chi connectivity index (χ0) is 17.3. The number of carboxylic acids is 1. The molecule has 3 heteroatoms. The van der Waals surface area contributed by atoms with Crippen LogP contribution in [-0.4, -0.2) is 5.97 Å². The summed E-state index contributed by atoms with van der Waals surface area (Å²) in [6.07, 6.45) is 9.93. The molecule has 0 heterocycles. The van der Waals surface area contributed by atoms with E-state index in [1.54, 1.807) is 0 Å². The molecule has 0 bridgehead atoms. The molecule has 0 radical (unpaired) electrons. The number of rotatable bonds is 4. The van der Waals surface area contributed by atoms with Crippen LogP contribution in [0.5, 0.6) is 0 Å². The molecule has 0 aliphatic heterocycles. The fraction of sp³-hybridized carbons (Fsp3) is 0.810. The molecule has 0 saturated heterocycles. The maximum atomic E-state index is 11.0. The normalized spacial score (nSPS) is 41.8. The molecular weight excluding hydrogens is 298 g/mol. The highest BCUT2D eigenvalue weighted by atomic mass is 16.4. The first-order chi connectivity index (χ1) is 11.5. The van der Waals surface area contributed by atoms with Gasteiger partial charge in [0, 0.05) is 12.4 Å². The molecular formula is C21H30NO2-. The topological polar surface area (TPSA) is 63.9 Å². The van der Waals surface area contributed by atoms with Crippen molar-refractivity contribution in [3.63, 3.8) is 0 Å². The Hall–Kier alpha value is -1.30. The summed E-state index contributed by atoms with van der Waals surface area (Å²) in [5.41, 5.74) is 1.73. The average molecular weight is 328 g/mol. The third-order valence-electron chi connectivity index (χ3n) is 7.69. The quantitative estimate of drug-likeness (QED) is 0.736. The Morgan fingerprint density at radius 1 is 1.38 bits per heavy atom. The Balaban J connectivity index is 1.75. The number of carboxylic acid groups (broad SMARTS) is 1. The molecule has 24 heavy (non-hydrogen) atoms. The molecule has 3 saturated carbocycles. The average Bonchev–Trinajstić information content (AvgIpc) is 2.53. The first kappa shape index (κ1) is 17.5. The van der Waals surface area contributed by atoms with Crippen molar-refractivity contribution in [2.24, 2.45) is 35.0 Å². The van der Waals surface area contributed by atoms with E-state index >= 15 is 0 Å². The van der Waals surface area contributed by atoms with Gasteiger partial charge in [-0.3, -0.25) is 0 Å². The molecule has 3 aliphatic rings. The van der Waals surface area contributed by atoms with E-state index in [1.165, 1.54) is 24.8 Å². The number of carbonyl (C=O) groups is 1. The van der Waals surface area contributed by atoms with Crippen molar-refractivity contribution in [3.05, 3.63) is 12.2 Å². The maximum absolute atomic E-state index is 11.0. The molecule has 0 aromatic heterocycles. The van der Waals surface area contributed by atoms with Gasteiger partial charge in [-0.15, -0.1) is 0 Å². The second-order valence-electron chi connectivity index (χ2n) is 8.77. The summed E-state index contributed by atoms with van der Waals surface area (Å²) in [5, 5.41) is 20.0. The van der Waals surface area contributed by atoms with E-state index in [9.17, 15) is 9.90 Å². The van der Waals surface area contributed by atoms with Gasteiger partial charge >= 0.3 is 0 Å². The molecule has 3 nitrogen and oxygen atoms in total. The van der Waals surface area contributed by atoms with Crippen molar-refractivity contribution in [1.29, 1.82) is 5.26 Å². The third-order valence-corrected chi connectivity index (χ3v) is 7.69. The minimum Gasteiger partial charge on any atom is -0.550 e. The number of allylic oxidation sites excluding steroid dienone is 1. The lowest BCUT2D eigenvalue weighted by molar-refractivity contribution is -0.307. The highest BCUT2D eigenvalue weighted by molar-refractivity contribution is 5.64. The smallest absolute Gasteiger partial charge is 0.0621 e. The van der Waals surface area contributed by atoms with Crippen LogP contribution >= 0.6 is 0 Å². The van der Waals surface area contributed by atoms with Gasteiger partial charge in [-0.25, -0.2) is 0 Å². The third kappa shape index (κ3) is 3.13. The first-order valence-electron chi connectivity index (χ1n) is 9.70. The van der Waals surface area contributed by atoms with Crippen molar-refractivity contribution in [2.45, 2.75) is 71.1 Å². The van der Waals surface area contributed by atoms with Crippen LogP contribution in [0, 0.1) is 46.3 Å². The van der Waals surface area contributed by atoms with E-state index in [4.69, 9.17) is 5.26 Å². The van der Waals surface area contributed by atoms with Crippen LogP contribution in [0.1, 0.15) is 71.1 Å². The number of hydrogen-bond acceptors (Lipinski definition) is 3. The van der Waals surface area contributed by atoms with Crippen LogP contribution in [0.4, 0.5) is 0 Å². The fourth-order valence-corrected chi connectivity index (χ4v) is 6.44. The zero-order valence-electron chi connectivity index (χ0n) is 14.9. The molecule has 0 amide bonds. The Bertz CT molecular complexity index is 549. The van der Waals surface area contributed by atoms with Crippen LogP contribution in [0.2, 0.25) is 0 Å². The van der Waals surface area contributed by atoms with E-state index in [0.29, 0.717) is 35.5 Å². The van der Waals surface area contributed by atoms with E-state index in [0.717, 1.165) is 38.0 Å². The Labute approximate surface area is 146 Å². The summed E-state index contributed by atoms with van der Waals surface area (Å²) in [6, 6.07) is 2.32. The van der Waals surface area contributed by atoms with Crippen LogP contribution in [0.15, 0.2) is 12.2 Å². The summed E-state index contributed by atoms with van der Waals surface area (Å²) in [4.78, 5) is 11.0. The molecule has 0 spiro atoms. The second kappa shape index (κ2) is 6.90. The van der Waals surface area contributed by atoms with Crippen LogP contribution in [0.3, 0.4) is 0 Å². The van der Waals surface area contributed by atoms with Crippen molar-refractivity contribution in [2.75, 3.05) is 0 Å². The van der Waals surface area contributed by atoms with Gasteiger partial charge in [0.15, 0.2) is 0 Å². The van der Waals surface area contributed by atoms with Gasteiger partial charge in [-0.05, 0) is 92.8 Å². The highest BCUT2D eigenvalue weighted by Gasteiger charge is 2.53. The van der Waals surface area contributed by atoms with E-state index in [2.05, 4.69) is 19.6 Å². The van der Waals surface area contributed by atoms with Gasteiger partial charge in [0.25, 0.3) is 0 Å². The summed E-state index contributed by atoms with van der Waals surface area (Å²) >= 11 is 0. The molecule has 132 valence electrons. The lowest BCUT2D eigenvalue weighted by Crippen LogP contribution is -2.50. The van der Waals surface area contributed by atoms with E-state index in [-0.39, 0.29) is 6.42 Å². The van der Waals surface area contributed by atoms with Gasteiger partial charge in [0.2, 0.25) is 0 Å². The number of carbonyl (C=O) groups excluding carboxylic acids is 1. The number of nitrogens with zero attached hydrogens (tertiary/aromatic N) is 1. The molecule has 3 fully saturated rings. The van der Waals surface area contributed by atoms with Gasteiger partial charge in [-0.2, -0.15) is 5.26 Å². The van der Waals surface area contributed by atoms with Crippen LogP contribution < -0.4 is 5.11 Å². The van der Waals surface area contributed by atoms with Gasteiger partial charge in [0.1, 0.15) is 0 Å². The van der Waals surface area contributed by atoms with Crippen molar-refractivity contribution in [3.8, 4) is 6.07 Å². The molecule has 0 aromatic carbocycles. The van der Waals surface area contributed by atoms with Crippen LogP contribution in [-0.2, 0) is 4.79 Å². The highest BCUT2D eigenvalue weighted by Crippen LogP contribution is 2.62. The van der Waals surface area contributed by atoms with Crippen LogP contribution in [0.25, 0.3) is 0 Å². The fourth-order valence-electron chi connectivity index (χ4n) is 6.44. The van der Waals surface area contributed by atoms with Crippen molar-refractivity contribution < 1.29 is 9.90 Å². The minimum absolute atomic E-state index is 0.238. The summed E-state index contributed by atoms with van der Waals surface area (Å²) in [7, 11) is 0. The maximum Gasteiger partial charge on any atom is 0.0621 e. The molecule has 0 N–H and O–H groups in total. The molecule has 0 unspecified atom stereocenters. The Kier molecular flexibility index (Phi) is 5.04. The van der Waals surface area contributed by atoms with E-state index in [1.807, 2.05) is 0 Å². The molecule has 3 rings (SSSR count). The summed E-state index contributed by atoms with van der Waals surface area (Å²) in [5.74, 6) is 2.05. The van der Waals surface area contributed by atoms with Gasteiger partial charge < -0.3 is 9.90 Å². The zero-order valence-corrected chi connectivity index (χ0v) is 14.9. The molecule has 3 aliphatic carbocycles.